The predicted molar refractivity (Wildman–Crippen MR) is 185 cm³/mol. The number of para-hydroxylation sites is 2. The highest BCUT2D eigenvalue weighted by atomic mass is 16.3. The summed E-state index contributed by atoms with van der Waals surface area (Å²) in [4.78, 5) is 5.31. The molecule has 0 bridgehead atoms. The summed E-state index contributed by atoms with van der Waals surface area (Å²) in [5, 5.41) is 4.68. The Bertz CT molecular complexity index is 2310. The van der Waals surface area contributed by atoms with E-state index in [1.165, 1.54) is 38.7 Å². The molecule has 0 aliphatic heterocycles. The highest BCUT2D eigenvalue weighted by Crippen LogP contribution is 2.42. The maximum absolute atomic E-state index is 6.35. The normalized spacial score (nSPS) is 12.0. The van der Waals surface area contributed by atoms with Gasteiger partial charge in [0.05, 0.1) is 16.7 Å². The molecule has 0 atom stereocenters. The van der Waals surface area contributed by atoms with Crippen LogP contribution in [-0.2, 0) is 0 Å². The third-order valence-electron chi connectivity index (χ3n) is 8.92. The highest BCUT2D eigenvalue weighted by molar-refractivity contribution is 6.19. The number of imidazole rings is 1. The molecule has 214 valence electrons. The second-order valence-corrected chi connectivity index (χ2v) is 12.4. The topological polar surface area (TPSA) is 31.0 Å². The standard InChI is InChI=1S/C41H34N2O/c1-25(2)32-23-30(27-12-6-5-7-13-27)24-33(26(3)4)40(32)43-36-17-11-10-16-35(36)42-41(43)29-19-20-37-34(22-29)39-31-15-9-8-14-28(31)18-21-38(39)44-37/h5-26H,1-4H3. The second-order valence-electron chi connectivity index (χ2n) is 12.4. The van der Waals surface area contributed by atoms with Gasteiger partial charge in [-0.25, -0.2) is 4.98 Å². The molecular formula is C41H34N2O. The molecular weight excluding hydrogens is 536 g/mol. The lowest BCUT2D eigenvalue weighted by Crippen LogP contribution is -2.09. The van der Waals surface area contributed by atoms with Crippen molar-refractivity contribution >= 4 is 43.7 Å². The molecule has 0 radical (unpaired) electrons. The zero-order valence-electron chi connectivity index (χ0n) is 25.5. The highest BCUT2D eigenvalue weighted by Gasteiger charge is 2.24. The van der Waals surface area contributed by atoms with Gasteiger partial charge in [-0.1, -0.05) is 100 Å². The third kappa shape index (κ3) is 4.15. The minimum atomic E-state index is 0.312. The molecule has 2 aromatic heterocycles. The smallest absolute Gasteiger partial charge is 0.145 e. The Morgan fingerprint density at radius 1 is 0.568 bits per heavy atom. The lowest BCUT2D eigenvalue weighted by molar-refractivity contribution is 0.669. The predicted octanol–water partition coefficient (Wildman–Crippen LogP) is 11.7. The quantitative estimate of drug-likeness (QED) is 0.206. The Balaban J connectivity index is 1.44. The van der Waals surface area contributed by atoms with Crippen LogP contribution in [0.2, 0.25) is 0 Å². The number of hydrogen-bond acceptors (Lipinski definition) is 2. The van der Waals surface area contributed by atoms with E-state index in [0.717, 1.165) is 44.4 Å². The van der Waals surface area contributed by atoms with Crippen LogP contribution >= 0.6 is 0 Å². The van der Waals surface area contributed by atoms with Gasteiger partial charge in [0.1, 0.15) is 17.0 Å². The van der Waals surface area contributed by atoms with Gasteiger partial charge in [-0.15, -0.1) is 0 Å². The molecule has 0 saturated carbocycles. The lowest BCUT2D eigenvalue weighted by atomic mass is 9.88. The van der Waals surface area contributed by atoms with E-state index in [0.29, 0.717) is 11.8 Å². The Morgan fingerprint density at radius 2 is 1.25 bits per heavy atom. The summed E-state index contributed by atoms with van der Waals surface area (Å²) in [6, 6.07) is 43.3. The van der Waals surface area contributed by atoms with Gasteiger partial charge in [0.2, 0.25) is 0 Å². The molecule has 0 N–H and O–H groups in total. The van der Waals surface area contributed by atoms with Crippen molar-refractivity contribution < 1.29 is 4.42 Å². The Morgan fingerprint density at radius 3 is 2.02 bits per heavy atom. The average Bonchev–Trinajstić information content (AvgIpc) is 3.63. The van der Waals surface area contributed by atoms with Crippen molar-refractivity contribution in [2.24, 2.45) is 0 Å². The molecule has 0 unspecified atom stereocenters. The molecule has 8 rings (SSSR count). The molecule has 0 aliphatic rings. The molecule has 0 saturated heterocycles. The first-order valence-corrected chi connectivity index (χ1v) is 15.5. The van der Waals surface area contributed by atoms with Crippen LogP contribution in [0.1, 0.15) is 50.7 Å². The first kappa shape index (κ1) is 26.5. The summed E-state index contributed by atoms with van der Waals surface area (Å²) in [5.74, 6) is 1.57. The lowest BCUT2D eigenvalue weighted by Gasteiger charge is -2.24. The number of nitrogens with zero attached hydrogens (tertiary/aromatic N) is 2. The number of rotatable bonds is 5. The van der Waals surface area contributed by atoms with Crippen LogP contribution in [0.5, 0.6) is 0 Å². The van der Waals surface area contributed by atoms with Crippen LogP contribution in [0.4, 0.5) is 0 Å². The molecule has 44 heavy (non-hydrogen) atoms. The van der Waals surface area contributed by atoms with Crippen LogP contribution in [0.3, 0.4) is 0 Å². The number of benzene rings is 6. The molecule has 2 heterocycles. The minimum Gasteiger partial charge on any atom is -0.456 e. The van der Waals surface area contributed by atoms with Crippen molar-refractivity contribution in [3.05, 3.63) is 132 Å². The molecule has 3 heteroatoms. The van der Waals surface area contributed by atoms with E-state index in [9.17, 15) is 0 Å². The van der Waals surface area contributed by atoms with Gasteiger partial charge in [0.25, 0.3) is 0 Å². The van der Waals surface area contributed by atoms with Crippen LogP contribution < -0.4 is 0 Å². The van der Waals surface area contributed by atoms with E-state index in [-0.39, 0.29) is 0 Å². The first-order chi connectivity index (χ1) is 21.5. The summed E-state index contributed by atoms with van der Waals surface area (Å²) in [6.45, 7) is 9.19. The van der Waals surface area contributed by atoms with Gasteiger partial charge in [-0.05, 0) is 93.4 Å². The van der Waals surface area contributed by atoms with Gasteiger partial charge >= 0.3 is 0 Å². The van der Waals surface area contributed by atoms with E-state index in [4.69, 9.17) is 9.40 Å². The summed E-state index contributed by atoms with van der Waals surface area (Å²) in [7, 11) is 0. The summed E-state index contributed by atoms with van der Waals surface area (Å²) < 4.78 is 8.77. The van der Waals surface area contributed by atoms with E-state index >= 15 is 0 Å². The van der Waals surface area contributed by atoms with Crippen molar-refractivity contribution in [1.82, 2.24) is 9.55 Å². The fourth-order valence-electron chi connectivity index (χ4n) is 6.75. The second kappa shape index (κ2) is 10.2. The Hall–Kier alpha value is -5.15. The molecule has 8 aromatic rings. The maximum atomic E-state index is 6.35. The number of hydrogen-bond donors (Lipinski definition) is 0. The van der Waals surface area contributed by atoms with Gasteiger partial charge in [0.15, 0.2) is 0 Å². The first-order valence-electron chi connectivity index (χ1n) is 15.5. The molecule has 0 aliphatic carbocycles. The van der Waals surface area contributed by atoms with Crippen molar-refractivity contribution in [3.63, 3.8) is 0 Å². The average molecular weight is 571 g/mol. The SMILES string of the molecule is CC(C)c1cc(-c2ccccc2)cc(C(C)C)c1-n1c(-c2ccc3oc4ccc5ccccc5c4c3c2)nc2ccccc21. The van der Waals surface area contributed by atoms with Gasteiger partial charge < -0.3 is 4.42 Å². The molecule has 3 nitrogen and oxygen atoms in total. The van der Waals surface area contributed by atoms with Crippen molar-refractivity contribution in [1.29, 1.82) is 0 Å². The van der Waals surface area contributed by atoms with Crippen molar-refractivity contribution in [2.75, 3.05) is 0 Å². The zero-order valence-corrected chi connectivity index (χ0v) is 25.5. The van der Waals surface area contributed by atoms with Crippen LogP contribution in [0.25, 0.3) is 71.9 Å². The van der Waals surface area contributed by atoms with Gasteiger partial charge in [-0.2, -0.15) is 0 Å². The fraction of sp³-hybridized carbons (Fsp3) is 0.146. The molecule has 0 spiro atoms. The van der Waals surface area contributed by atoms with Gasteiger partial charge in [0, 0.05) is 16.3 Å². The minimum absolute atomic E-state index is 0.312. The Labute approximate surface area is 257 Å². The van der Waals surface area contributed by atoms with E-state index in [2.05, 4.69) is 154 Å². The van der Waals surface area contributed by atoms with Crippen LogP contribution in [0.15, 0.2) is 126 Å². The van der Waals surface area contributed by atoms with Crippen LogP contribution in [-0.4, -0.2) is 9.55 Å². The maximum Gasteiger partial charge on any atom is 0.145 e. The summed E-state index contributed by atoms with van der Waals surface area (Å²) >= 11 is 0. The van der Waals surface area contributed by atoms with E-state index in [1.54, 1.807) is 0 Å². The zero-order chi connectivity index (χ0) is 29.9. The molecule has 6 aromatic carbocycles. The van der Waals surface area contributed by atoms with Gasteiger partial charge in [-0.3, -0.25) is 4.57 Å². The third-order valence-corrected chi connectivity index (χ3v) is 8.92. The number of furan rings is 1. The Kier molecular flexibility index (Phi) is 6.16. The van der Waals surface area contributed by atoms with E-state index < -0.39 is 0 Å². The van der Waals surface area contributed by atoms with Crippen molar-refractivity contribution in [2.45, 2.75) is 39.5 Å². The van der Waals surface area contributed by atoms with Crippen molar-refractivity contribution in [3.8, 4) is 28.2 Å². The van der Waals surface area contributed by atoms with Crippen LogP contribution in [0, 0.1) is 0 Å². The summed E-state index contributed by atoms with van der Waals surface area (Å²) in [6.07, 6.45) is 0. The summed E-state index contributed by atoms with van der Waals surface area (Å²) in [5.41, 5.74) is 11.3. The molecule has 0 amide bonds. The van der Waals surface area contributed by atoms with E-state index in [1.807, 2.05) is 0 Å². The number of aromatic nitrogens is 2. The number of fused-ring (bicyclic) bond motifs is 6. The monoisotopic (exact) mass is 570 g/mol. The largest absolute Gasteiger partial charge is 0.456 e. The molecule has 0 fully saturated rings. The fourth-order valence-corrected chi connectivity index (χ4v) is 6.75.